The van der Waals surface area contributed by atoms with Crippen LogP contribution in [-0.2, 0) is 16.1 Å². The monoisotopic (exact) mass is 532 g/mol. The number of benzene rings is 2. The van der Waals surface area contributed by atoms with Crippen molar-refractivity contribution >= 4 is 29.3 Å². The molecule has 1 saturated carbocycles. The summed E-state index contributed by atoms with van der Waals surface area (Å²) in [5, 5.41) is 3.66. The maximum atomic E-state index is 14.1. The molecule has 1 aliphatic carbocycles. The molecule has 1 aliphatic heterocycles. The summed E-state index contributed by atoms with van der Waals surface area (Å²) < 4.78 is 10.9. The highest BCUT2D eigenvalue weighted by Crippen LogP contribution is 2.38. The molecule has 0 unspecified atom stereocenters. The number of carbonyl (C=O) groups excluding carboxylic acids is 2. The van der Waals surface area contributed by atoms with E-state index in [2.05, 4.69) is 15.3 Å². The van der Waals surface area contributed by atoms with Crippen LogP contribution in [0.4, 0.5) is 5.69 Å². The SMILES string of the molecule is Cc1cc(C)nc(SCC(=O)N(Cc2ccccc2)C2(C(=O)Nc3ccc4c(c3)OCO4)CCCCC2)n1. The topological polar surface area (TPSA) is 93.7 Å². The summed E-state index contributed by atoms with van der Waals surface area (Å²) in [6, 6.07) is 17.1. The summed E-state index contributed by atoms with van der Waals surface area (Å²) in [5.41, 5.74) is 2.36. The number of hydrogen-bond donors (Lipinski definition) is 1. The quantitative estimate of drug-likeness (QED) is 0.311. The summed E-state index contributed by atoms with van der Waals surface area (Å²) in [4.78, 5) is 38.8. The molecule has 38 heavy (non-hydrogen) atoms. The summed E-state index contributed by atoms with van der Waals surface area (Å²) in [6.07, 6.45) is 4.00. The number of nitrogens with zero attached hydrogens (tertiary/aromatic N) is 3. The smallest absolute Gasteiger partial charge is 0.250 e. The van der Waals surface area contributed by atoms with Gasteiger partial charge in [-0.2, -0.15) is 0 Å². The molecule has 198 valence electrons. The number of hydrogen-bond acceptors (Lipinski definition) is 7. The second-order valence-corrected chi connectivity index (χ2v) is 10.7. The third kappa shape index (κ3) is 5.78. The van der Waals surface area contributed by atoms with Crippen LogP contribution in [0.25, 0.3) is 0 Å². The molecule has 0 saturated heterocycles. The number of carbonyl (C=O) groups is 2. The molecule has 5 rings (SSSR count). The Hall–Kier alpha value is -3.59. The molecule has 9 heteroatoms. The van der Waals surface area contributed by atoms with Gasteiger partial charge in [-0.15, -0.1) is 0 Å². The lowest BCUT2D eigenvalue weighted by molar-refractivity contribution is -0.146. The van der Waals surface area contributed by atoms with Crippen LogP contribution in [0.15, 0.2) is 59.8 Å². The molecule has 2 aliphatic rings. The zero-order valence-electron chi connectivity index (χ0n) is 21.7. The Morgan fingerprint density at radius 3 is 2.39 bits per heavy atom. The Morgan fingerprint density at radius 2 is 1.66 bits per heavy atom. The first-order chi connectivity index (χ1) is 18.4. The number of anilines is 1. The maximum absolute atomic E-state index is 14.1. The van der Waals surface area contributed by atoms with E-state index in [1.165, 1.54) is 11.8 Å². The fourth-order valence-corrected chi connectivity index (χ4v) is 6.01. The minimum absolute atomic E-state index is 0.107. The Bertz CT molecular complexity index is 1290. The van der Waals surface area contributed by atoms with E-state index in [-0.39, 0.29) is 24.4 Å². The predicted octanol–water partition coefficient (Wildman–Crippen LogP) is 5.28. The van der Waals surface area contributed by atoms with Crippen molar-refractivity contribution in [2.75, 3.05) is 17.9 Å². The number of rotatable bonds is 8. The van der Waals surface area contributed by atoms with E-state index < -0.39 is 5.54 Å². The van der Waals surface area contributed by atoms with Gasteiger partial charge in [0, 0.05) is 29.7 Å². The highest BCUT2D eigenvalue weighted by Gasteiger charge is 2.47. The zero-order valence-corrected chi connectivity index (χ0v) is 22.6. The van der Waals surface area contributed by atoms with Crippen molar-refractivity contribution < 1.29 is 19.1 Å². The lowest BCUT2D eigenvalue weighted by Crippen LogP contribution is -2.60. The summed E-state index contributed by atoms with van der Waals surface area (Å²) in [5.74, 6) is 1.12. The predicted molar refractivity (Wildman–Crippen MR) is 146 cm³/mol. The largest absolute Gasteiger partial charge is 0.454 e. The van der Waals surface area contributed by atoms with E-state index in [0.717, 1.165) is 36.2 Å². The molecule has 2 heterocycles. The summed E-state index contributed by atoms with van der Waals surface area (Å²) in [6.45, 7) is 4.35. The van der Waals surface area contributed by atoms with Crippen LogP contribution in [0.3, 0.4) is 0 Å². The molecular formula is C29H32N4O4S. The van der Waals surface area contributed by atoms with Gasteiger partial charge in [0.25, 0.3) is 0 Å². The minimum Gasteiger partial charge on any atom is -0.454 e. The van der Waals surface area contributed by atoms with E-state index in [9.17, 15) is 9.59 Å². The van der Waals surface area contributed by atoms with Gasteiger partial charge in [-0.05, 0) is 50.5 Å². The third-order valence-corrected chi connectivity index (χ3v) is 7.85. The molecule has 2 aromatic carbocycles. The van der Waals surface area contributed by atoms with E-state index in [1.807, 2.05) is 50.2 Å². The highest BCUT2D eigenvalue weighted by atomic mass is 32.2. The van der Waals surface area contributed by atoms with Crippen LogP contribution >= 0.6 is 11.8 Å². The van der Waals surface area contributed by atoms with Crippen molar-refractivity contribution in [3.8, 4) is 11.5 Å². The Labute approximate surface area is 227 Å². The maximum Gasteiger partial charge on any atom is 0.250 e. The van der Waals surface area contributed by atoms with Crippen molar-refractivity contribution in [1.82, 2.24) is 14.9 Å². The van der Waals surface area contributed by atoms with Crippen molar-refractivity contribution in [3.63, 3.8) is 0 Å². The fraction of sp³-hybridized carbons (Fsp3) is 0.379. The van der Waals surface area contributed by atoms with Gasteiger partial charge in [0.1, 0.15) is 5.54 Å². The van der Waals surface area contributed by atoms with E-state index >= 15 is 0 Å². The normalized spacial score (nSPS) is 15.6. The van der Waals surface area contributed by atoms with Crippen LogP contribution in [0.1, 0.15) is 49.1 Å². The lowest BCUT2D eigenvalue weighted by Gasteiger charge is -2.45. The molecule has 0 bridgehead atoms. The van der Waals surface area contributed by atoms with Crippen molar-refractivity contribution in [2.45, 2.75) is 63.2 Å². The van der Waals surface area contributed by atoms with Crippen LogP contribution in [0.2, 0.25) is 0 Å². The van der Waals surface area contributed by atoms with Gasteiger partial charge in [0.2, 0.25) is 18.6 Å². The molecule has 1 aromatic heterocycles. The Kier molecular flexibility index (Phi) is 7.83. The number of aromatic nitrogens is 2. The standard InChI is InChI=1S/C29H32N4O4S/c1-20-15-21(2)31-28(30-20)38-18-26(34)33(17-22-9-5-3-6-10-22)29(13-7-4-8-14-29)27(35)32-23-11-12-24-25(16-23)37-19-36-24/h3,5-6,9-12,15-16H,4,7-8,13-14,17-19H2,1-2H3,(H,32,35). The Morgan fingerprint density at radius 1 is 0.947 bits per heavy atom. The first-order valence-corrected chi connectivity index (χ1v) is 13.9. The van der Waals surface area contributed by atoms with E-state index in [0.29, 0.717) is 41.7 Å². The van der Waals surface area contributed by atoms with Crippen LogP contribution in [0.5, 0.6) is 11.5 Å². The third-order valence-electron chi connectivity index (χ3n) is 7.02. The molecule has 0 spiro atoms. The number of nitrogens with one attached hydrogen (secondary N) is 1. The van der Waals surface area contributed by atoms with Gasteiger partial charge in [0.05, 0.1) is 5.75 Å². The van der Waals surface area contributed by atoms with Crippen LogP contribution in [0, 0.1) is 13.8 Å². The summed E-state index contributed by atoms with van der Waals surface area (Å²) in [7, 11) is 0. The molecular weight excluding hydrogens is 500 g/mol. The second kappa shape index (κ2) is 11.4. The van der Waals surface area contributed by atoms with E-state index in [4.69, 9.17) is 9.47 Å². The zero-order chi connectivity index (χ0) is 26.5. The van der Waals surface area contributed by atoms with Crippen molar-refractivity contribution in [2.24, 2.45) is 0 Å². The van der Waals surface area contributed by atoms with Gasteiger partial charge in [-0.3, -0.25) is 9.59 Å². The number of fused-ring (bicyclic) bond motifs is 1. The molecule has 0 atom stereocenters. The van der Waals surface area contributed by atoms with Gasteiger partial charge in [-0.1, -0.05) is 61.4 Å². The average molecular weight is 533 g/mol. The molecule has 3 aromatic rings. The summed E-state index contributed by atoms with van der Waals surface area (Å²) >= 11 is 1.31. The fourth-order valence-electron chi connectivity index (χ4n) is 5.18. The number of thioether (sulfide) groups is 1. The van der Waals surface area contributed by atoms with Crippen LogP contribution < -0.4 is 14.8 Å². The first kappa shape index (κ1) is 26.0. The van der Waals surface area contributed by atoms with E-state index in [1.54, 1.807) is 23.1 Å². The average Bonchev–Trinajstić information content (AvgIpc) is 3.39. The molecule has 8 nitrogen and oxygen atoms in total. The highest BCUT2D eigenvalue weighted by molar-refractivity contribution is 7.99. The van der Waals surface area contributed by atoms with Gasteiger partial charge >= 0.3 is 0 Å². The molecule has 1 fully saturated rings. The van der Waals surface area contributed by atoms with Crippen molar-refractivity contribution in [1.29, 1.82) is 0 Å². The first-order valence-electron chi connectivity index (χ1n) is 12.9. The van der Waals surface area contributed by atoms with Gasteiger partial charge < -0.3 is 19.7 Å². The molecule has 2 amide bonds. The van der Waals surface area contributed by atoms with Crippen LogP contribution in [-0.4, -0.2) is 44.8 Å². The number of aryl methyl sites for hydroxylation is 2. The van der Waals surface area contributed by atoms with Crippen molar-refractivity contribution in [3.05, 3.63) is 71.5 Å². The van der Waals surface area contributed by atoms with Gasteiger partial charge in [0.15, 0.2) is 16.7 Å². The Balaban J connectivity index is 1.43. The lowest BCUT2D eigenvalue weighted by atomic mass is 9.79. The molecule has 1 N–H and O–H groups in total. The number of amides is 2. The molecule has 0 radical (unpaired) electrons. The minimum atomic E-state index is -0.967. The second-order valence-electron chi connectivity index (χ2n) is 9.80. The number of ether oxygens (including phenoxy) is 2. The van der Waals surface area contributed by atoms with Gasteiger partial charge in [-0.25, -0.2) is 9.97 Å².